The SMILES string of the molecule is c1ccc(-c2ccccc2N(c2ccc(-c3ccc4oc5c6ccccc6ccc5c4c3)cc2)c2cccc3c4ccccc4n(-c4ccccc4)c23)cc1. The first-order valence-electron chi connectivity index (χ1n) is 18.8. The molecule has 258 valence electrons. The van der Waals surface area contributed by atoms with Crippen LogP contribution in [0.2, 0.25) is 0 Å². The number of benzene rings is 9. The van der Waals surface area contributed by atoms with Gasteiger partial charge in [0.1, 0.15) is 11.2 Å². The summed E-state index contributed by atoms with van der Waals surface area (Å²) in [5.74, 6) is 0. The molecule has 3 nitrogen and oxygen atoms in total. The summed E-state index contributed by atoms with van der Waals surface area (Å²) in [4.78, 5) is 2.44. The summed E-state index contributed by atoms with van der Waals surface area (Å²) in [6, 6.07) is 74.0. The lowest BCUT2D eigenvalue weighted by Crippen LogP contribution is -2.12. The number of furan rings is 1. The average molecular weight is 703 g/mol. The molecule has 0 amide bonds. The first-order chi connectivity index (χ1) is 27.3. The summed E-state index contributed by atoms with van der Waals surface area (Å²) < 4.78 is 8.86. The van der Waals surface area contributed by atoms with Gasteiger partial charge in [0.2, 0.25) is 0 Å². The average Bonchev–Trinajstić information content (AvgIpc) is 3.81. The highest BCUT2D eigenvalue weighted by atomic mass is 16.3. The molecule has 0 bridgehead atoms. The van der Waals surface area contributed by atoms with E-state index in [2.05, 4.69) is 216 Å². The Labute approximate surface area is 318 Å². The molecule has 0 atom stereocenters. The summed E-state index contributed by atoms with van der Waals surface area (Å²) in [5.41, 5.74) is 13.2. The van der Waals surface area contributed by atoms with Crippen LogP contribution in [0.1, 0.15) is 0 Å². The Morgan fingerprint density at radius 2 is 1.07 bits per heavy atom. The Hall–Kier alpha value is -7.36. The van der Waals surface area contributed by atoms with Gasteiger partial charge in [0.25, 0.3) is 0 Å². The molecular formula is C52H34N2O. The molecule has 0 saturated heterocycles. The number of rotatable bonds is 6. The van der Waals surface area contributed by atoms with Gasteiger partial charge < -0.3 is 13.9 Å². The number of hydrogen-bond donors (Lipinski definition) is 0. The minimum atomic E-state index is 0.900. The summed E-state index contributed by atoms with van der Waals surface area (Å²) in [6.07, 6.45) is 0. The molecule has 11 rings (SSSR count). The zero-order valence-corrected chi connectivity index (χ0v) is 29.9. The van der Waals surface area contributed by atoms with Crippen LogP contribution in [-0.2, 0) is 0 Å². The number of hydrogen-bond acceptors (Lipinski definition) is 2. The topological polar surface area (TPSA) is 21.3 Å². The van der Waals surface area contributed by atoms with Crippen molar-refractivity contribution in [1.82, 2.24) is 4.57 Å². The molecule has 0 radical (unpaired) electrons. The van der Waals surface area contributed by atoms with Crippen molar-refractivity contribution in [3.05, 3.63) is 206 Å². The third-order valence-electron chi connectivity index (χ3n) is 11.0. The maximum absolute atomic E-state index is 6.44. The van der Waals surface area contributed by atoms with Crippen LogP contribution in [0.4, 0.5) is 17.1 Å². The fourth-order valence-corrected chi connectivity index (χ4v) is 8.45. The van der Waals surface area contributed by atoms with Crippen LogP contribution in [0.15, 0.2) is 211 Å². The smallest absolute Gasteiger partial charge is 0.143 e. The van der Waals surface area contributed by atoms with Crippen LogP contribution in [-0.4, -0.2) is 4.57 Å². The van der Waals surface area contributed by atoms with Crippen LogP contribution in [0, 0.1) is 0 Å². The molecule has 3 heteroatoms. The number of fused-ring (bicyclic) bond motifs is 8. The molecule has 9 aromatic carbocycles. The van der Waals surface area contributed by atoms with Crippen molar-refractivity contribution in [2.24, 2.45) is 0 Å². The Bertz CT molecular complexity index is 3190. The summed E-state index contributed by atoms with van der Waals surface area (Å²) >= 11 is 0. The van der Waals surface area contributed by atoms with Crippen molar-refractivity contribution in [1.29, 1.82) is 0 Å². The van der Waals surface area contributed by atoms with Crippen LogP contribution in [0.25, 0.3) is 82.5 Å². The van der Waals surface area contributed by atoms with Crippen molar-refractivity contribution in [3.63, 3.8) is 0 Å². The van der Waals surface area contributed by atoms with E-state index in [0.717, 1.165) is 72.3 Å². The monoisotopic (exact) mass is 702 g/mol. The van der Waals surface area contributed by atoms with Crippen LogP contribution in [0.3, 0.4) is 0 Å². The second-order valence-electron chi connectivity index (χ2n) is 14.1. The van der Waals surface area contributed by atoms with Gasteiger partial charge in [-0.2, -0.15) is 0 Å². The molecule has 2 heterocycles. The predicted molar refractivity (Wildman–Crippen MR) is 231 cm³/mol. The Morgan fingerprint density at radius 1 is 0.400 bits per heavy atom. The van der Waals surface area contributed by atoms with Crippen molar-refractivity contribution < 1.29 is 4.42 Å². The third kappa shape index (κ3) is 5.05. The van der Waals surface area contributed by atoms with Gasteiger partial charge in [-0.25, -0.2) is 0 Å². The molecule has 0 saturated carbocycles. The number of para-hydroxylation sites is 4. The lowest BCUT2D eigenvalue weighted by Gasteiger charge is -2.29. The zero-order valence-electron chi connectivity index (χ0n) is 29.9. The molecule has 11 aromatic rings. The van der Waals surface area contributed by atoms with Crippen LogP contribution >= 0.6 is 0 Å². The molecule has 0 spiro atoms. The summed E-state index contributed by atoms with van der Waals surface area (Å²) in [7, 11) is 0. The fraction of sp³-hybridized carbons (Fsp3) is 0. The molecule has 0 fully saturated rings. The molecule has 55 heavy (non-hydrogen) atoms. The molecular weight excluding hydrogens is 669 g/mol. The van der Waals surface area contributed by atoms with E-state index in [-0.39, 0.29) is 0 Å². The van der Waals surface area contributed by atoms with Gasteiger partial charge in [-0.3, -0.25) is 0 Å². The lowest BCUT2D eigenvalue weighted by molar-refractivity contribution is 0.672. The second kappa shape index (κ2) is 12.6. The van der Waals surface area contributed by atoms with Crippen molar-refractivity contribution >= 4 is 71.6 Å². The Morgan fingerprint density at radius 3 is 1.93 bits per heavy atom. The van der Waals surface area contributed by atoms with Gasteiger partial charge >= 0.3 is 0 Å². The number of aromatic nitrogens is 1. The van der Waals surface area contributed by atoms with Gasteiger partial charge in [0.05, 0.1) is 22.4 Å². The molecule has 0 aliphatic heterocycles. The van der Waals surface area contributed by atoms with Gasteiger partial charge in [-0.15, -0.1) is 0 Å². The molecule has 0 aliphatic carbocycles. The summed E-state index contributed by atoms with van der Waals surface area (Å²) in [5, 5.41) is 7.02. The van der Waals surface area contributed by atoms with E-state index < -0.39 is 0 Å². The molecule has 0 N–H and O–H groups in total. The van der Waals surface area contributed by atoms with E-state index in [0.29, 0.717) is 0 Å². The molecule has 0 aliphatic rings. The maximum atomic E-state index is 6.44. The standard InChI is InChI=1S/C52H34N2O/c1-3-14-36(15-4-1)41-19-9-11-23-47(41)53(49-25-13-22-44-43-21-10-12-24-48(43)54(51(44)49)39-17-5-2-6-18-39)40-30-26-35(27-31-40)38-29-33-50-46(34-38)45-32-28-37-16-7-8-20-42(37)52(45)55-50/h1-34H. The van der Waals surface area contributed by atoms with E-state index in [1.54, 1.807) is 0 Å². The summed E-state index contributed by atoms with van der Waals surface area (Å²) in [6.45, 7) is 0. The first-order valence-corrected chi connectivity index (χ1v) is 18.8. The zero-order chi connectivity index (χ0) is 36.3. The van der Waals surface area contributed by atoms with Crippen LogP contribution < -0.4 is 4.90 Å². The van der Waals surface area contributed by atoms with Crippen molar-refractivity contribution in [2.75, 3.05) is 4.90 Å². The van der Waals surface area contributed by atoms with E-state index in [4.69, 9.17) is 4.42 Å². The van der Waals surface area contributed by atoms with E-state index >= 15 is 0 Å². The minimum absolute atomic E-state index is 0.900. The van der Waals surface area contributed by atoms with Crippen LogP contribution in [0.5, 0.6) is 0 Å². The Kier molecular flexibility index (Phi) is 7.17. The van der Waals surface area contributed by atoms with E-state index in [1.165, 1.54) is 27.2 Å². The first kappa shape index (κ1) is 31.2. The van der Waals surface area contributed by atoms with Gasteiger partial charge in [-0.05, 0) is 82.7 Å². The number of nitrogens with zero attached hydrogens (tertiary/aromatic N) is 2. The highest BCUT2D eigenvalue weighted by molar-refractivity contribution is 6.16. The molecule has 0 unspecified atom stereocenters. The minimum Gasteiger partial charge on any atom is -0.455 e. The van der Waals surface area contributed by atoms with Gasteiger partial charge in [0.15, 0.2) is 0 Å². The van der Waals surface area contributed by atoms with Crippen molar-refractivity contribution in [2.45, 2.75) is 0 Å². The van der Waals surface area contributed by atoms with Gasteiger partial charge in [0, 0.05) is 43.9 Å². The number of anilines is 3. The predicted octanol–water partition coefficient (Wildman–Crippen LogP) is 14.6. The normalized spacial score (nSPS) is 11.6. The fourth-order valence-electron chi connectivity index (χ4n) is 8.45. The Balaban J connectivity index is 1.12. The quantitative estimate of drug-likeness (QED) is 0.172. The largest absolute Gasteiger partial charge is 0.455 e. The maximum Gasteiger partial charge on any atom is 0.143 e. The lowest BCUT2D eigenvalue weighted by atomic mass is 9.99. The van der Waals surface area contributed by atoms with Crippen molar-refractivity contribution in [3.8, 4) is 27.9 Å². The molecule has 2 aromatic heterocycles. The van der Waals surface area contributed by atoms with E-state index in [1.807, 2.05) is 0 Å². The highest BCUT2D eigenvalue weighted by Crippen LogP contribution is 2.46. The van der Waals surface area contributed by atoms with E-state index in [9.17, 15) is 0 Å². The van der Waals surface area contributed by atoms with Gasteiger partial charge in [-0.1, -0.05) is 146 Å². The highest BCUT2D eigenvalue weighted by Gasteiger charge is 2.23. The second-order valence-corrected chi connectivity index (χ2v) is 14.1. The third-order valence-corrected chi connectivity index (χ3v) is 11.0.